The number of carbonyl (C=O) groups excluding carboxylic acids is 3. The third-order valence-corrected chi connectivity index (χ3v) is 5.14. The Kier molecular flexibility index (Phi) is 5.18. The summed E-state index contributed by atoms with van der Waals surface area (Å²) in [6, 6.07) is 5.33. The second-order valence-corrected chi connectivity index (χ2v) is 6.73. The molecule has 25 heavy (non-hydrogen) atoms. The summed E-state index contributed by atoms with van der Waals surface area (Å²) in [5.41, 5.74) is 1.25. The van der Waals surface area contributed by atoms with Gasteiger partial charge in [-0.25, -0.2) is 0 Å². The third-order valence-electron chi connectivity index (χ3n) is 5.14. The smallest absolute Gasteiger partial charge is 0.261 e. The predicted molar refractivity (Wildman–Crippen MR) is 94.7 cm³/mol. The highest BCUT2D eigenvalue weighted by Gasteiger charge is 2.36. The third kappa shape index (κ3) is 3.31. The Morgan fingerprint density at radius 1 is 1.16 bits per heavy atom. The van der Waals surface area contributed by atoms with Crippen LogP contribution >= 0.6 is 0 Å². The van der Waals surface area contributed by atoms with Crippen LogP contribution < -0.4 is 5.32 Å². The minimum absolute atomic E-state index is 0.0652. The maximum absolute atomic E-state index is 12.7. The molecule has 1 saturated heterocycles. The SMILES string of the molecule is CCCCN1C(=O)c2ccc(C(=O)N3CCC(NC)CC3)cc2C1=O. The molecule has 1 aromatic rings. The van der Waals surface area contributed by atoms with Crippen molar-refractivity contribution < 1.29 is 14.4 Å². The summed E-state index contributed by atoms with van der Waals surface area (Å²) in [6.45, 7) is 3.86. The molecule has 0 atom stereocenters. The number of nitrogens with one attached hydrogen (secondary N) is 1. The van der Waals surface area contributed by atoms with E-state index in [9.17, 15) is 14.4 Å². The normalized spacial score (nSPS) is 18.0. The monoisotopic (exact) mass is 343 g/mol. The number of unbranched alkanes of at least 4 members (excludes halogenated alkanes) is 1. The molecule has 134 valence electrons. The van der Waals surface area contributed by atoms with Crippen molar-refractivity contribution in [1.82, 2.24) is 15.1 Å². The van der Waals surface area contributed by atoms with Crippen LogP contribution in [-0.2, 0) is 0 Å². The van der Waals surface area contributed by atoms with Gasteiger partial charge in [0.1, 0.15) is 0 Å². The largest absolute Gasteiger partial charge is 0.339 e. The molecular formula is C19H25N3O3. The predicted octanol–water partition coefficient (Wildman–Crippen LogP) is 1.91. The van der Waals surface area contributed by atoms with Crippen LogP contribution in [0.2, 0.25) is 0 Å². The van der Waals surface area contributed by atoms with Gasteiger partial charge < -0.3 is 10.2 Å². The fourth-order valence-corrected chi connectivity index (χ4v) is 3.50. The topological polar surface area (TPSA) is 69.7 Å². The van der Waals surface area contributed by atoms with Crippen molar-refractivity contribution in [1.29, 1.82) is 0 Å². The highest BCUT2D eigenvalue weighted by atomic mass is 16.2. The van der Waals surface area contributed by atoms with Crippen molar-refractivity contribution in [3.05, 3.63) is 34.9 Å². The van der Waals surface area contributed by atoms with Gasteiger partial charge in [0.2, 0.25) is 0 Å². The molecule has 6 heteroatoms. The fourth-order valence-electron chi connectivity index (χ4n) is 3.50. The number of fused-ring (bicyclic) bond motifs is 1. The first kappa shape index (κ1) is 17.6. The first-order chi connectivity index (χ1) is 12.1. The van der Waals surface area contributed by atoms with E-state index in [1.807, 2.05) is 18.9 Å². The van der Waals surface area contributed by atoms with Gasteiger partial charge in [-0.15, -0.1) is 0 Å². The van der Waals surface area contributed by atoms with Gasteiger partial charge in [0.05, 0.1) is 11.1 Å². The summed E-state index contributed by atoms with van der Waals surface area (Å²) in [7, 11) is 1.94. The van der Waals surface area contributed by atoms with E-state index in [1.54, 1.807) is 18.2 Å². The lowest BCUT2D eigenvalue weighted by molar-refractivity contribution is 0.0651. The molecule has 2 aliphatic rings. The summed E-state index contributed by atoms with van der Waals surface area (Å²) in [4.78, 5) is 40.7. The van der Waals surface area contributed by atoms with Crippen molar-refractivity contribution in [2.24, 2.45) is 0 Å². The van der Waals surface area contributed by atoms with Crippen molar-refractivity contribution >= 4 is 17.7 Å². The lowest BCUT2D eigenvalue weighted by Gasteiger charge is -2.31. The average Bonchev–Trinajstić information content (AvgIpc) is 2.89. The molecule has 0 radical (unpaired) electrons. The van der Waals surface area contributed by atoms with Gasteiger partial charge in [0, 0.05) is 31.2 Å². The number of hydrogen-bond acceptors (Lipinski definition) is 4. The quantitative estimate of drug-likeness (QED) is 0.829. The maximum Gasteiger partial charge on any atom is 0.261 e. The summed E-state index contributed by atoms with van der Waals surface area (Å²) in [5.74, 6) is -0.594. The molecular weight excluding hydrogens is 318 g/mol. The Labute approximate surface area is 148 Å². The molecule has 3 rings (SSSR count). The first-order valence-corrected chi connectivity index (χ1v) is 9.03. The standard InChI is InChI=1S/C19H25N3O3/c1-3-4-9-22-18(24)15-6-5-13(12-16(15)19(22)25)17(23)21-10-7-14(20-2)8-11-21/h5-6,12,14,20H,3-4,7-11H2,1-2H3. The number of piperidine rings is 1. The van der Waals surface area contributed by atoms with Crippen molar-refractivity contribution in [2.75, 3.05) is 26.7 Å². The first-order valence-electron chi connectivity index (χ1n) is 9.03. The van der Waals surface area contributed by atoms with E-state index in [0.717, 1.165) is 25.7 Å². The van der Waals surface area contributed by atoms with Crippen LogP contribution in [0.5, 0.6) is 0 Å². The molecule has 0 saturated carbocycles. The molecule has 0 aliphatic carbocycles. The molecule has 0 spiro atoms. The molecule has 6 nitrogen and oxygen atoms in total. The van der Waals surface area contributed by atoms with Gasteiger partial charge in [-0.2, -0.15) is 0 Å². The van der Waals surface area contributed by atoms with Crippen molar-refractivity contribution in [3.63, 3.8) is 0 Å². The second-order valence-electron chi connectivity index (χ2n) is 6.73. The Bertz CT molecular complexity index is 693. The lowest BCUT2D eigenvalue weighted by Crippen LogP contribution is -2.44. The van der Waals surface area contributed by atoms with Gasteiger partial charge >= 0.3 is 0 Å². The van der Waals surface area contributed by atoms with Gasteiger partial charge in [0.15, 0.2) is 0 Å². The molecule has 0 aromatic heterocycles. The highest BCUT2D eigenvalue weighted by molar-refractivity contribution is 6.22. The molecule has 1 fully saturated rings. The zero-order chi connectivity index (χ0) is 18.0. The number of likely N-dealkylation sites (tertiary alicyclic amines) is 1. The van der Waals surface area contributed by atoms with Crippen LogP contribution in [-0.4, -0.2) is 60.2 Å². The minimum atomic E-state index is -0.281. The minimum Gasteiger partial charge on any atom is -0.339 e. The Morgan fingerprint density at radius 3 is 2.48 bits per heavy atom. The number of hydrogen-bond donors (Lipinski definition) is 1. The van der Waals surface area contributed by atoms with E-state index < -0.39 is 0 Å². The molecule has 2 heterocycles. The van der Waals surface area contributed by atoms with Gasteiger partial charge in [-0.1, -0.05) is 13.3 Å². The maximum atomic E-state index is 12.7. The molecule has 0 unspecified atom stereocenters. The number of amides is 3. The van der Waals surface area contributed by atoms with Crippen LogP contribution in [0.25, 0.3) is 0 Å². The summed E-state index contributed by atoms with van der Waals surface area (Å²) in [5, 5.41) is 3.24. The number of nitrogens with zero attached hydrogens (tertiary/aromatic N) is 2. The van der Waals surface area contributed by atoms with Crippen LogP contribution in [0.15, 0.2) is 18.2 Å². The zero-order valence-electron chi connectivity index (χ0n) is 14.9. The zero-order valence-corrected chi connectivity index (χ0v) is 14.9. The lowest BCUT2D eigenvalue weighted by atomic mass is 10.0. The summed E-state index contributed by atoms with van der Waals surface area (Å²) < 4.78 is 0. The molecule has 1 N–H and O–H groups in total. The van der Waals surface area contributed by atoms with E-state index >= 15 is 0 Å². The van der Waals surface area contributed by atoms with Crippen LogP contribution in [0.3, 0.4) is 0 Å². The second kappa shape index (κ2) is 7.35. The van der Waals surface area contributed by atoms with Gasteiger partial charge in [-0.05, 0) is 44.5 Å². The number of benzene rings is 1. The number of rotatable bonds is 5. The van der Waals surface area contributed by atoms with E-state index in [0.29, 0.717) is 42.4 Å². The Morgan fingerprint density at radius 2 is 1.84 bits per heavy atom. The van der Waals surface area contributed by atoms with Crippen LogP contribution in [0.4, 0.5) is 0 Å². The Balaban J connectivity index is 1.76. The fraction of sp³-hybridized carbons (Fsp3) is 0.526. The van der Waals surface area contributed by atoms with Crippen LogP contribution in [0.1, 0.15) is 63.7 Å². The summed E-state index contributed by atoms with van der Waals surface area (Å²) in [6.07, 6.45) is 3.56. The van der Waals surface area contributed by atoms with Crippen molar-refractivity contribution in [2.45, 2.75) is 38.6 Å². The van der Waals surface area contributed by atoms with Crippen molar-refractivity contribution in [3.8, 4) is 0 Å². The average molecular weight is 343 g/mol. The van der Waals surface area contributed by atoms with Gasteiger partial charge in [-0.3, -0.25) is 19.3 Å². The molecule has 1 aromatic carbocycles. The molecule has 2 aliphatic heterocycles. The number of carbonyl (C=O) groups is 3. The Hall–Kier alpha value is -2.21. The van der Waals surface area contributed by atoms with E-state index in [1.165, 1.54) is 4.90 Å². The molecule has 3 amide bonds. The van der Waals surface area contributed by atoms with E-state index in [-0.39, 0.29) is 17.7 Å². The molecule has 0 bridgehead atoms. The summed E-state index contributed by atoms with van der Waals surface area (Å²) >= 11 is 0. The van der Waals surface area contributed by atoms with E-state index in [2.05, 4.69) is 5.32 Å². The highest BCUT2D eigenvalue weighted by Crippen LogP contribution is 2.25. The van der Waals surface area contributed by atoms with Gasteiger partial charge in [0.25, 0.3) is 17.7 Å². The van der Waals surface area contributed by atoms with Crippen LogP contribution in [0, 0.1) is 0 Å². The van der Waals surface area contributed by atoms with E-state index in [4.69, 9.17) is 0 Å². The number of imide groups is 1.